The first-order chi connectivity index (χ1) is 13.5. The number of oxazole rings is 1. The Morgan fingerprint density at radius 1 is 1.11 bits per heavy atom. The smallest absolute Gasteiger partial charge is 0.308 e. The van der Waals surface area contributed by atoms with E-state index in [2.05, 4.69) is 4.98 Å². The highest BCUT2D eigenvalue weighted by Gasteiger charge is 2.32. The molecular formula is C21H17FN2O4. The standard InChI is InChI=1S/C21H17FN2O4/c22-17-8-4-3-7-16(17)18-11-23-19(28-18)14-5-1-2-6-15(14)20(25)24-10-9-13(12-24)21(26)27/h1-8,11,13H,9-10,12H2,(H,26,27). The van der Waals surface area contributed by atoms with Crippen molar-refractivity contribution in [1.29, 1.82) is 0 Å². The molecule has 4 rings (SSSR count). The van der Waals surface area contributed by atoms with Crippen molar-refractivity contribution in [1.82, 2.24) is 9.88 Å². The molecule has 1 fully saturated rings. The number of nitrogens with zero attached hydrogens (tertiary/aromatic N) is 2. The molecule has 142 valence electrons. The second-order valence-electron chi connectivity index (χ2n) is 6.63. The van der Waals surface area contributed by atoms with Gasteiger partial charge in [-0.2, -0.15) is 0 Å². The van der Waals surface area contributed by atoms with Crippen molar-refractivity contribution in [3.8, 4) is 22.8 Å². The van der Waals surface area contributed by atoms with E-state index in [1.807, 2.05) is 0 Å². The Hall–Kier alpha value is -3.48. The first kappa shape index (κ1) is 17.9. The number of rotatable bonds is 4. The van der Waals surface area contributed by atoms with Gasteiger partial charge in [-0.15, -0.1) is 0 Å². The van der Waals surface area contributed by atoms with Gasteiger partial charge in [-0.1, -0.05) is 24.3 Å². The van der Waals surface area contributed by atoms with Gasteiger partial charge in [0.1, 0.15) is 5.82 Å². The number of carboxylic acids is 1. The van der Waals surface area contributed by atoms with Gasteiger partial charge in [-0.3, -0.25) is 9.59 Å². The lowest BCUT2D eigenvalue weighted by Gasteiger charge is -2.17. The molecule has 1 N–H and O–H groups in total. The van der Waals surface area contributed by atoms with Gasteiger partial charge in [-0.05, 0) is 30.7 Å². The Morgan fingerprint density at radius 2 is 1.82 bits per heavy atom. The first-order valence-electron chi connectivity index (χ1n) is 8.87. The second-order valence-corrected chi connectivity index (χ2v) is 6.63. The normalized spacial score (nSPS) is 16.3. The number of aromatic nitrogens is 1. The van der Waals surface area contributed by atoms with Gasteiger partial charge in [0.05, 0.1) is 23.2 Å². The van der Waals surface area contributed by atoms with Crippen LogP contribution in [0.3, 0.4) is 0 Å². The van der Waals surface area contributed by atoms with Crippen molar-refractivity contribution in [3.05, 3.63) is 66.1 Å². The Morgan fingerprint density at radius 3 is 2.54 bits per heavy atom. The molecule has 0 bridgehead atoms. The lowest BCUT2D eigenvalue weighted by Crippen LogP contribution is -2.30. The number of carbonyl (C=O) groups excluding carboxylic acids is 1. The molecule has 1 aliphatic heterocycles. The van der Waals surface area contributed by atoms with Crippen LogP contribution >= 0.6 is 0 Å². The van der Waals surface area contributed by atoms with Crippen LogP contribution in [0, 0.1) is 11.7 Å². The maximum Gasteiger partial charge on any atom is 0.308 e. The second kappa shape index (κ2) is 7.26. The minimum Gasteiger partial charge on any atom is -0.481 e. The third-order valence-electron chi connectivity index (χ3n) is 4.86. The number of halogens is 1. The molecule has 6 nitrogen and oxygen atoms in total. The van der Waals surface area contributed by atoms with Crippen molar-refractivity contribution in [2.45, 2.75) is 6.42 Å². The number of carboxylic acid groups (broad SMARTS) is 1. The maximum atomic E-state index is 14.0. The fraction of sp³-hybridized carbons (Fsp3) is 0.190. The molecule has 0 radical (unpaired) electrons. The molecule has 1 aromatic heterocycles. The van der Waals surface area contributed by atoms with Gasteiger partial charge in [0.25, 0.3) is 5.91 Å². The van der Waals surface area contributed by atoms with E-state index in [1.165, 1.54) is 17.2 Å². The Kier molecular flexibility index (Phi) is 4.65. The Balaban J connectivity index is 1.65. The number of aliphatic carboxylic acids is 1. The molecule has 0 saturated carbocycles. The van der Waals surface area contributed by atoms with Crippen molar-refractivity contribution in [3.63, 3.8) is 0 Å². The van der Waals surface area contributed by atoms with E-state index >= 15 is 0 Å². The number of amides is 1. The summed E-state index contributed by atoms with van der Waals surface area (Å²) >= 11 is 0. The third-order valence-corrected chi connectivity index (χ3v) is 4.86. The fourth-order valence-corrected chi connectivity index (χ4v) is 3.36. The number of carbonyl (C=O) groups is 2. The number of benzene rings is 2. The molecule has 1 aliphatic rings. The van der Waals surface area contributed by atoms with Crippen LogP contribution < -0.4 is 0 Å². The number of likely N-dealkylation sites (tertiary alicyclic amines) is 1. The lowest BCUT2D eigenvalue weighted by molar-refractivity contribution is -0.141. The fourth-order valence-electron chi connectivity index (χ4n) is 3.36. The molecule has 2 aromatic carbocycles. The minimum atomic E-state index is -0.897. The molecule has 1 saturated heterocycles. The van der Waals surface area contributed by atoms with Gasteiger partial charge in [0.15, 0.2) is 5.76 Å². The summed E-state index contributed by atoms with van der Waals surface area (Å²) in [6.45, 7) is 0.560. The highest BCUT2D eigenvalue weighted by molar-refractivity contribution is 6.00. The SMILES string of the molecule is O=C(O)C1CCN(C(=O)c2ccccc2-c2ncc(-c3ccccc3F)o2)C1. The van der Waals surface area contributed by atoms with E-state index in [0.29, 0.717) is 24.1 Å². The highest BCUT2D eigenvalue weighted by atomic mass is 19.1. The van der Waals surface area contributed by atoms with Gasteiger partial charge < -0.3 is 14.4 Å². The Labute approximate surface area is 160 Å². The zero-order valence-electron chi connectivity index (χ0n) is 14.8. The van der Waals surface area contributed by atoms with Crippen molar-refractivity contribution < 1.29 is 23.5 Å². The summed E-state index contributed by atoms with van der Waals surface area (Å²) in [5.74, 6) is -1.67. The van der Waals surface area contributed by atoms with Crippen LogP contribution in [0.5, 0.6) is 0 Å². The maximum absolute atomic E-state index is 14.0. The molecule has 28 heavy (non-hydrogen) atoms. The van der Waals surface area contributed by atoms with Crippen molar-refractivity contribution in [2.24, 2.45) is 5.92 Å². The summed E-state index contributed by atoms with van der Waals surface area (Å²) in [7, 11) is 0. The van der Waals surface area contributed by atoms with Gasteiger partial charge >= 0.3 is 5.97 Å². The Bertz CT molecular complexity index is 1050. The van der Waals surface area contributed by atoms with Crippen LogP contribution in [-0.2, 0) is 4.79 Å². The molecule has 1 amide bonds. The molecule has 2 heterocycles. The van der Waals surface area contributed by atoms with Crippen molar-refractivity contribution >= 4 is 11.9 Å². The lowest BCUT2D eigenvalue weighted by atomic mass is 10.1. The van der Waals surface area contributed by atoms with Gasteiger partial charge in [0.2, 0.25) is 5.89 Å². The molecule has 1 atom stereocenters. The predicted octanol–water partition coefficient (Wildman–Crippen LogP) is 3.69. The highest BCUT2D eigenvalue weighted by Crippen LogP contribution is 2.30. The summed E-state index contributed by atoms with van der Waals surface area (Å²) in [6.07, 6.45) is 1.85. The van der Waals surface area contributed by atoms with E-state index in [4.69, 9.17) is 9.52 Å². The van der Waals surface area contributed by atoms with E-state index in [9.17, 15) is 14.0 Å². The van der Waals surface area contributed by atoms with Gasteiger partial charge in [-0.25, -0.2) is 9.37 Å². The molecule has 0 aliphatic carbocycles. The zero-order chi connectivity index (χ0) is 19.7. The van der Waals surface area contributed by atoms with E-state index in [0.717, 1.165) is 0 Å². The van der Waals surface area contributed by atoms with E-state index in [-0.39, 0.29) is 29.7 Å². The summed E-state index contributed by atoms with van der Waals surface area (Å²) in [4.78, 5) is 29.9. The average Bonchev–Trinajstić information content (AvgIpc) is 3.38. The van der Waals surface area contributed by atoms with Crippen LogP contribution in [0.25, 0.3) is 22.8 Å². The topological polar surface area (TPSA) is 83.6 Å². The molecule has 0 spiro atoms. The monoisotopic (exact) mass is 380 g/mol. The van der Waals surface area contributed by atoms with Gasteiger partial charge in [0, 0.05) is 18.7 Å². The van der Waals surface area contributed by atoms with E-state index < -0.39 is 17.7 Å². The van der Waals surface area contributed by atoms with Crippen LogP contribution in [0.2, 0.25) is 0 Å². The quantitative estimate of drug-likeness (QED) is 0.746. The summed E-state index contributed by atoms with van der Waals surface area (Å²) in [5, 5.41) is 9.16. The summed E-state index contributed by atoms with van der Waals surface area (Å²) < 4.78 is 19.7. The molecule has 3 aromatic rings. The zero-order valence-corrected chi connectivity index (χ0v) is 14.8. The third kappa shape index (κ3) is 3.26. The van der Waals surface area contributed by atoms with Crippen LogP contribution in [0.15, 0.2) is 59.1 Å². The number of hydrogen-bond acceptors (Lipinski definition) is 4. The average molecular weight is 380 g/mol. The molecule has 1 unspecified atom stereocenters. The first-order valence-corrected chi connectivity index (χ1v) is 8.87. The van der Waals surface area contributed by atoms with Crippen LogP contribution in [0.1, 0.15) is 16.8 Å². The number of hydrogen-bond donors (Lipinski definition) is 1. The van der Waals surface area contributed by atoms with E-state index in [1.54, 1.807) is 42.5 Å². The predicted molar refractivity (Wildman–Crippen MR) is 99.0 cm³/mol. The summed E-state index contributed by atoms with van der Waals surface area (Å²) in [5.41, 5.74) is 1.14. The summed E-state index contributed by atoms with van der Waals surface area (Å²) in [6, 6.07) is 13.0. The largest absolute Gasteiger partial charge is 0.481 e. The van der Waals surface area contributed by atoms with Crippen LogP contribution in [-0.4, -0.2) is 40.0 Å². The molecule has 7 heteroatoms. The van der Waals surface area contributed by atoms with Crippen molar-refractivity contribution in [2.75, 3.05) is 13.1 Å². The minimum absolute atomic E-state index is 0.175. The van der Waals surface area contributed by atoms with Crippen LogP contribution in [0.4, 0.5) is 4.39 Å². The molecular weight excluding hydrogens is 363 g/mol.